The fraction of sp³-hybridized carbons (Fsp3) is 0.440. The molecule has 1 atom stereocenters. The third kappa shape index (κ3) is 8.02. The summed E-state index contributed by atoms with van der Waals surface area (Å²) in [7, 11) is 0. The van der Waals surface area contributed by atoms with E-state index in [1.165, 1.54) is 17.8 Å². The summed E-state index contributed by atoms with van der Waals surface area (Å²) in [5.74, 6) is 0.420. The molecule has 2 rings (SSSR count). The number of hydrogen-bond acceptors (Lipinski definition) is 3. The predicted octanol–water partition coefficient (Wildman–Crippen LogP) is 4.95. The molecule has 168 valence electrons. The van der Waals surface area contributed by atoms with Gasteiger partial charge in [0.05, 0.1) is 5.75 Å². The number of carbonyl (C=O) groups is 2. The van der Waals surface area contributed by atoms with Crippen LogP contribution in [0.2, 0.25) is 0 Å². The molecule has 1 N–H and O–H groups in total. The van der Waals surface area contributed by atoms with Crippen LogP contribution in [0.5, 0.6) is 0 Å². The molecular weight excluding hydrogens is 411 g/mol. The van der Waals surface area contributed by atoms with E-state index in [0.717, 1.165) is 11.1 Å². The molecule has 0 radical (unpaired) electrons. The zero-order valence-electron chi connectivity index (χ0n) is 18.9. The van der Waals surface area contributed by atoms with Crippen molar-refractivity contribution in [3.8, 4) is 0 Å². The lowest BCUT2D eigenvalue weighted by Crippen LogP contribution is -2.50. The highest BCUT2D eigenvalue weighted by atomic mass is 32.2. The molecule has 0 bridgehead atoms. The van der Waals surface area contributed by atoms with Crippen molar-refractivity contribution < 1.29 is 14.0 Å². The number of benzene rings is 2. The summed E-state index contributed by atoms with van der Waals surface area (Å²) < 4.78 is 13.9. The lowest BCUT2D eigenvalue weighted by Gasteiger charge is -2.31. The Morgan fingerprint density at radius 3 is 2.39 bits per heavy atom. The number of aryl methyl sites for hydroxylation is 1. The van der Waals surface area contributed by atoms with Gasteiger partial charge in [-0.3, -0.25) is 9.59 Å². The van der Waals surface area contributed by atoms with Crippen molar-refractivity contribution >= 4 is 23.6 Å². The number of thioether (sulfide) groups is 1. The molecule has 0 saturated heterocycles. The van der Waals surface area contributed by atoms with E-state index in [9.17, 15) is 14.0 Å². The van der Waals surface area contributed by atoms with Gasteiger partial charge in [-0.15, -0.1) is 11.8 Å². The zero-order valence-corrected chi connectivity index (χ0v) is 19.7. The molecule has 0 aliphatic heterocycles. The van der Waals surface area contributed by atoms with E-state index in [1.807, 2.05) is 52.0 Å². The van der Waals surface area contributed by atoms with Crippen LogP contribution in [-0.2, 0) is 21.9 Å². The second-order valence-electron chi connectivity index (χ2n) is 8.15. The average molecular weight is 445 g/mol. The SMILES string of the molecule is CCC(C(=O)NCC(C)C)N(Cc1ccc(C)cc1)C(=O)CSCc1ccccc1F. The van der Waals surface area contributed by atoms with Crippen LogP contribution in [0.3, 0.4) is 0 Å². The number of carbonyl (C=O) groups excluding carboxylic acids is 2. The van der Waals surface area contributed by atoms with Crippen molar-refractivity contribution in [1.82, 2.24) is 10.2 Å². The Kier molecular flexibility index (Phi) is 10.0. The fourth-order valence-corrected chi connectivity index (χ4v) is 4.08. The van der Waals surface area contributed by atoms with Crippen LogP contribution < -0.4 is 5.32 Å². The fourth-order valence-electron chi connectivity index (χ4n) is 3.18. The Hall–Kier alpha value is -2.34. The number of halogens is 1. The summed E-state index contributed by atoms with van der Waals surface area (Å²) in [6, 6.07) is 14.0. The molecule has 0 aromatic heterocycles. The first-order chi connectivity index (χ1) is 14.8. The molecule has 31 heavy (non-hydrogen) atoms. The maximum Gasteiger partial charge on any atom is 0.242 e. The number of nitrogens with zero attached hydrogens (tertiary/aromatic N) is 1. The van der Waals surface area contributed by atoms with Crippen LogP contribution in [0.4, 0.5) is 4.39 Å². The monoisotopic (exact) mass is 444 g/mol. The summed E-state index contributed by atoms with van der Waals surface area (Å²) in [6.45, 7) is 8.95. The van der Waals surface area contributed by atoms with Crippen molar-refractivity contribution in [2.24, 2.45) is 5.92 Å². The van der Waals surface area contributed by atoms with Gasteiger partial charge in [0.1, 0.15) is 11.9 Å². The lowest BCUT2D eigenvalue weighted by molar-refractivity contribution is -0.139. The van der Waals surface area contributed by atoms with Crippen molar-refractivity contribution in [1.29, 1.82) is 0 Å². The quantitative estimate of drug-likeness (QED) is 0.534. The van der Waals surface area contributed by atoms with Gasteiger partial charge in [-0.25, -0.2) is 4.39 Å². The van der Waals surface area contributed by atoms with Crippen LogP contribution in [0.15, 0.2) is 48.5 Å². The minimum absolute atomic E-state index is 0.117. The maximum absolute atomic E-state index is 13.9. The summed E-state index contributed by atoms with van der Waals surface area (Å²) in [5, 5.41) is 2.96. The Morgan fingerprint density at radius 1 is 1.10 bits per heavy atom. The molecule has 2 aromatic rings. The van der Waals surface area contributed by atoms with Crippen molar-refractivity contribution in [2.45, 2.75) is 52.5 Å². The first-order valence-electron chi connectivity index (χ1n) is 10.8. The molecule has 4 nitrogen and oxygen atoms in total. The van der Waals surface area contributed by atoms with Gasteiger partial charge < -0.3 is 10.2 Å². The molecule has 1 unspecified atom stereocenters. The van der Waals surface area contributed by atoms with Crippen LogP contribution in [0.1, 0.15) is 43.9 Å². The van der Waals surface area contributed by atoms with Gasteiger partial charge >= 0.3 is 0 Å². The third-order valence-corrected chi connectivity index (χ3v) is 5.95. The van der Waals surface area contributed by atoms with E-state index >= 15 is 0 Å². The van der Waals surface area contributed by atoms with Gasteiger partial charge in [-0.2, -0.15) is 0 Å². The Balaban J connectivity index is 2.12. The van der Waals surface area contributed by atoms with E-state index < -0.39 is 6.04 Å². The topological polar surface area (TPSA) is 49.4 Å². The Bertz CT molecular complexity index is 855. The summed E-state index contributed by atoms with van der Waals surface area (Å²) in [5.41, 5.74) is 2.70. The molecule has 0 aliphatic rings. The zero-order chi connectivity index (χ0) is 22.8. The molecule has 2 aromatic carbocycles. The molecule has 0 saturated carbocycles. The van der Waals surface area contributed by atoms with Crippen LogP contribution >= 0.6 is 11.8 Å². The van der Waals surface area contributed by atoms with E-state index in [-0.39, 0.29) is 23.4 Å². The third-order valence-electron chi connectivity index (χ3n) is 4.98. The summed E-state index contributed by atoms with van der Waals surface area (Å²) in [4.78, 5) is 27.7. The minimum Gasteiger partial charge on any atom is -0.354 e. The standard InChI is InChI=1S/C25H33FN2O2S/c1-5-23(25(30)27-14-18(2)3)28(15-20-12-10-19(4)11-13-20)24(29)17-31-16-21-8-6-7-9-22(21)26/h6-13,18,23H,5,14-17H2,1-4H3,(H,27,30). The van der Waals surface area contributed by atoms with E-state index in [4.69, 9.17) is 0 Å². The van der Waals surface area contributed by atoms with Gasteiger partial charge in [-0.1, -0.05) is 68.8 Å². The van der Waals surface area contributed by atoms with Gasteiger partial charge in [0.25, 0.3) is 0 Å². The lowest BCUT2D eigenvalue weighted by atomic mass is 10.1. The normalized spacial score (nSPS) is 11.9. The van der Waals surface area contributed by atoms with Crippen molar-refractivity contribution in [3.63, 3.8) is 0 Å². The molecule has 0 heterocycles. The highest BCUT2D eigenvalue weighted by molar-refractivity contribution is 7.99. The van der Waals surface area contributed by atoms with Gasteiger partial charge in [-0.05, 0) is 36.5 Å². The van der Waals surface area contributed by atoms with Gasteiger partial charge in [0.15, 0.2) is 0 Å². The summed E-state index contributed by atoms with van der Waals surface area (Å²) in [6.07, 6.45) is 0.527. The molecule has 2 amide bonds. The largest absolute Gasteiger partial charge is 0.354 e. The van der Waals surface area contributed by atoms with Crippen LogP contribution in [0, 0.1) is 18.7 Å². The average Bonchev–Trinajstić information content (AvgIpc) is 2.74. The van der Waals surface area contributed by atoms with Gasteiger partial charge in [0, 0.05) is 18.8 Å². The highest BCUT2D eigenvalue weighted by Crippen LogP contribution is 2.19. The molecule has 0 fully saturated rings. The number of rotatable bonds is 11. The molecule has 0 aliphatic carbocycles. The number of nitrogens with one attached hydrogen (secondary N) is 1. The van der Waals surface area contributed by atoms with Crippen molar-refractivity contribution in [3.05, 3.63) is 71.0 Å². The first-order valence-corrected chi connectivity index (χ1v) is 11.9. The Morgan fingerprint density at radius 2 is 1.77 bits per heavy atom. The highest BCUT2D eigenvalue weighted by Gasteiger charge is 2.28. The van der Waals surface area contributed by atoms with Crippen molar-refractivity contribution in [2.75, 3.05) is 12.3 Å². The maximum atomic E-state index is 13.9. The number of hydrogen-bond donors (Lipinski definition) is 1. The van der Waals surface area contributed by atoms with E-state index in [2.05, 4.69) is 5.32 Å². The van der Waals surface area contributed by atoms with E-state index in [1.54, 1.807) is 23.1 Å². The van der Waals surface area contributed by atoms with Crippen LogP contribution in [0.25, 0.3) is 0 Å². The first kappa shape index (κ1) is 24.9. The number of amides is 2. The van der Waals surface area contributed by atoms with E-state index in [0.29, 0.717) is 36.7 Å². The smallest absolute Gasteiger partial charge is 0.242 e. The minimum atomic E-state index is -0.540. The van der Waals surface area contributed by atoms with Crippen LogP contribution in [-0.4, -0.2) is 35.1 Å². The predicted molar refractivity (Wildman–Crippen MR) is 126 cm³/mol. The summed E-state index contributed by atoms with van der Waals surface area (Å²) >= 11 is 1.36. The molecule has 0 spiro atoms. The second kappa shape index (κ2) is 12.5. The Labute approximate surface area is 189 Å². The molecule has 6 heteroatoms. The van der Waals surface area contributed by atoms with Gasteiger partial charge in [0.2, 0.25) is 11.8 Å². The second-order valence-corrected chi connectivity index (χ2v) is 9.14. The molecular formula is C25H33FN2O2S.